The second-order valence-corrected chi connectivity index (χ2v) is 3.80. The van der Waals surface area contributed by atoms with Crippen LogP contribution >= 0.6 is 0 Å². The number of esters is 1. The number of cyclic esters (lactones) is 1. The van der Waals surface area contributed by atoms with Gasteiger partial charge in [0, 0.05) is 0 Å². The summed E-state index contributed by atoms with van der Waals surface area (Å²) >= 11 is 0. The van der Waals surface area contributed by atoms with Crippen molar-refractivity contribution in [2.24, 2.45) is 0 Å². The average Bonchev–Trinajstić information content (AvgIpc) is 2.57. The van der Waals surface area contributed by atoms with Crippen LogP contribution in [0.2, 0.25) is 0 Å². The van der Waals surface area contributed by atoms with Crippen LogP contribution in [0.15, 0.2) is 18.2 Å². The number of hydrogen-bond donors (Lipinski definition) is 0. The Balaban J connectivity index is 2.41. The van der Waals surface area contributed by atoms with Gasteiger partial charge in [-0.3, -0.25) is 4.79 Å². The normalized spacial score (nSPS) is 21.0. The van der Waals surface area contributed by atoms with E-state index in [-0.39, 0.29) is 11.9 Å². The fourth-order valence-electron chi connectivity index (χ4n) is 1.93. The van der Waals surface area contributed by atoms with E-state index in [1.807, 2.05) is 12.1 Å². The van der Waals surface area contributed by atoms with Crippen molar-refractivity contribution in [3.63, 3.8) is 0 Å². The smallest absolute Gasteiger partial charge is 0.313 e. The van der Waals surface area contributed by atoms with Crippen LogP contribution in [0.4, 0.5) is 0 Å². The van der Waals surface area contributed by atoms with Gasteiger partial charge in [-0.25, -0.2) is 0 Å². The molecule has 14 heavy (non-hydrogen) atoms. The number of ether oxygens (including phenoxy) is 1. The van der Waals surface area contributed by atoms with E-state index < -0.39 is 0 Å². The zero-order chi connectivity index (χ0) is 10.1. The molecule has 0 bridgehead atoms. The number of carbonyl (C=O) groups is 1. The molecule has 0 amide bonds. The highest BCUT2D eigenvalue weighted by atomic mass is 16.5. The molecule has 0 saturated carbocycles. The summed E-state index contributed by atoms with van der Waals surface area (Å²) in [6.07, 6.45) is 0.823. The Morgan fingerprint density at radius 1 is 1.36 bits per heavy atom. The summed E-state index contributed by atoms with van der Waals surface area (Å²) in [6, 6.07) is 6.10. The summed E-state index contributed by atoms with van der Waals surface area (Å²) in [7, 11) is 0. The van der Waals surface area contributed by atoms with Gasteiger partial charge in [-0.1, -0.05) is 18.2 Å². The van der Waals surface area contributed by atoms with E-state index in [1.54, 1.807) is 0 Å². The molecule has 1 heterocycles. The molecule has 2 nitrogen and oxygen atoms in total. The maximum absolute atomic E-state index is 11.4. The standard InChI is InChI=1S/C12H14O2/c1-8-4-3-5-10(9(8)2)11-6-7-14-12(11)13/h3-5,11H,6-7H2,1-2H3. The van der Waals surface area contributed by atoms with Gasteiger partial charge < -0.3 is 4.74 Å². The minimum absolute atomic E-state index is 0.0325. The Hall–Kier alpha value is -1.31. The maximum Gasteiger partial charge on any atom is 0.313 e. The van der Waals surface area contributed by atoms with Crippen molar-refractivity contribution >= 4 is 5.97 Å². The monoisotopic (exact) mass is 190 g/mol. The number of aryl methyl sites for hydroxylation is 1. The highest BCUT2D eigenvalue weighted by Gasteiger charge is 2.29. The molecule has 1 aromatic carbocycles. The quantitative estimate of drug-likeness (QED) is 0.635. The summed E-state index contributed by atoms with van der Waals surface area (Å²) < 4.78 is 4.98. The van der Waals surface area contributed by atoms with E-state index >= 15 is 0 Å². The third kappa shape index (κ3) is 1.41. The van der Waals surface area contributed by atoms with Gasteiger partial charge in [-0.15, -0.1) is 0 Å². The van der Waals surface area contributed by atoms with Gasteiger partial charge in [0.1, 0.15) is 0 Å². The molecule has 1 fully saturated rings. The summed E-state index contributed by atoms with van der Waals surface area (Å²) in [6.45, 7) is 4.70. The number of hydrogen-bond acceptors (Lipinski definition) is 2. The Kier molecular flexibility index (Phi) is 2.28. The van der Waals surface area contributed by atoms with Crippen LogP contribution in [0.25, 0.3) is 0 Å². The van der Waals surface area contributed by atoms with E-state index in [0.717, 1.165) is 12.0 Å². The van der Waals surface area contributed by atoms with Crippen molar-refractivity contribution in [3.8, 4) is 0 Å². The van der Waals surface area contributed by atoms with E-state index in [0.29, 0.717) is 6.61 Å². The lowest BCUT2D eigenvalue weighted by molar-refractivity contribution is -0.139. The zero-order valence-corrected chi connectivity index (χ0v) is 8.54. The van der Waals surface area contributed by atoms with Gasteiger partial charge in [-0.2, -0.15) is 0 Å². The minimum Gasteiger partial charge on any atom is -0.465 e. The highest BCUT2D eigenvalue weighted by Crippen LogP contribution is 2.29. The second kappa shape index (κ2) is 3.45. The molecule has 1 aliphatic rings. The van der Waals surface area contributed by atoms with Gasteiger partial charge in [0.2, 0.25) is 0 Å². The van der Waals surface area contributed by atoms with Crippen molar-refractivity contribution in [1.29, 1.82) is 0 Å². The van der Waals surface area contributed by atoms with E-state index in [9.17, 15) is 4.79 Å². The lowest BCUT2D eigenvalue weighted by Gasteiger charge is -2.11. The Labute approximate surface area is 83.9 Å². The predicted octanol–water partition coefficient (Wildman–Crippen LogP) is 2.33. The van der Waals surface area contributed by atoms with E-state index in [4.69, 9.17) is 4.74 Å². The molecule has 1 unspecified atom stereocenters. The van der Waals surface area contributed by atoms with E-state index in [1.165, 1.54) is 11.1 Å². The molecule has 1 aliphatic heterocycles. The van der Waals surface area contributed by atoms with E-state index in [2.05, 4.69) is 19.9 Å². The van der Waals surface area contributed by atoms with Crippen LogP contribution < -0.4 is 0 Å². The summed E-state index contributed by atoms with van der Waals surface area (Å²) in [5.41, 5.74) is 3.59. The van der Waals surface area contributed by atoms with Gasteiger partial charge in [0.25, 0.3) is 0 Å². The lowest BCUT2D eigenvalue weighted by Crippen LogP contribution is -2.07. The van der Waals surface area contributed by atoms with Crippen LogP contribution in [0.3, 0.4) is 0 Å². The minimum atomic E-state index is -0.0706. The molecule has 0 N–H and O–H groups in total. The lowest BCUT2D eigenvalue weighted by atomic mass is 9.91. The fourth-order valence-corrected chi connectivity index (χ4v) is 1.93. The molecule has 1 saturated heterocycles. The highest BCUT2D eigenvalue weighted by molar-refractivity contribution is 5.80. The van der Waals surface area contributed by atoms with Gasteiger partial charge in [-0.05, 0) is 37.0 Å². The van der Waals surface area contributed by atoms with Gasteiger partial charge >= 0.3 is 5.97 Å². The predicted molar refractivity (Wildman–Crippen MR) is 54.2 cm³/mol. The Morgan fingerprint density at radius 2 is 2.14 bits per heavy atom. The van der Waals surface area contributed by atoms with Crippen LogP contribution in [-0.4, -0.2) is 12.6 Å². The van der Waals surface area contributed by atoms with Crippen LogP contribution in [-0.2, 0) is 9.53 Å². The first kappa shape index (κ1) is 9.25. The summed E-state index contributed by atoms with van der Waals surface area (Å²) in [4.78, 5) is 11.4. The average molecular weight is 190 g/mol. The van der Waals surface area contributed by atoms with Crippen molar-refractivity contribution in [1.82, 2.24) is 0 Å². The molecule has 0 spiro atoms. The molecular formula is C12H14O2. The van der Waals surface area contributed by atoms with Crippen molar-refractivity contribution < 1.29 is 9.53 Å². The summed E-state index contributed by atoms with van der Waals surface area (Å²) in [5, 5.41) is 0. The topological polar surface area (TPSA) is 26.3 Å². The molecule has 1 aromatic rings. The van der Waals surface area contributed by atoms with Crippen molar-refractivity contribution in [2.75, 3.05) is 6.61 Å². The molecule has 74 valence electrons. The third-order valence-corrected chi connectivity index (χ3v) is 2.96. The Morgan fingerprint density at radius 3 is 2.79 bits per heavy atom. The van der Waals surface area contributed by atoms with Crippen LogP contribution in [0.1, 0.15) is 29.0 Å². The molecule has 0 radical (unpaired) electrons. The molecule has 2 heteroatoms. The first-order valence-corrected chi connectivity index (χ1v) is 4.93. The Bertz CT molecular complexity index is 369. The van der Waals surface area contributed by atoms with Crippen molar-refractivity contribution in [2.45, 2.75) is 26.2 Å². The van der Waals surface area contributed by atoms with Crippen LogP contribution in [0.5, 0.6) is 0 Å². The fraction of sp³-hybridized carbons (Fsp3) is 0.417. The molecule has 2 rings (SSSR count). The zero-order valence-electron chi connectivity index (χ0n) is 8.54. The molecular weight excluding hydrogens is 176 g/mol. The molecule has 0 aliphatic carbocycles. The second-order valence-electron chi connectivity index (χ2n) is 3.80. The first-order chi connectivity index (χ1) is 6.70. The largest absolute Gasteiger partial charge is 0.465 e. The number of carbonyl (C=O) groups excluding carboxylic acids is 1. The summed E-state index contributed by atoms with van der Waals surface area (Å²) in [5.74, 6) is -0.103. The van der Waals surface area contributed by atoms with Crippen molar-refractivity contribution in [3.05, 3.63) is 34.9 Å². The number of benzene rings is 1. The SMILES string of the molecule is Cc1cccc(C2CCOC2=O)c1C. The number of rotatable bonds is 1. The van der Waals surface area contributed by atoms with Gasteiger partial charge in [0.15, 0.2) is 0 Å². The van der Waals surface area contributed by atoms with Crippen LogP contribution in [0, 0.1) is 13.8 Å². The maximum atomic E-state index is 11.4. The third-order valence-electron chi connectivity index (χ3n) is 2.96. The first-order valence-electron chi connectivity index (χ1n) is 4.93. The van der Waals surface area contributed by atoms with Gasteiger partial charge in [0.05, 0.1) is 12.5 Å². The molecule has 1 atom stereocenters. The molecule has 0 aromatic heterocycles.